The van der Waals surface area contributed by atoms with Gasteiger partial charge in [-0.25, -0.2) is 5.48 Å². The number of hydrogen-bond acceptors (Lipinski definition) is 5. The first-order valence-corrected chi connectivity index (χ1v) is 6.49. The Bertz CT molecular complexity index is 665. The van der Waals surface area contributed by atoms with E-state index in [1.54, 1.807) is 24.7 Å². The largest absolute Gasteiger partial charge is 0.497 e. The number of hydrogen-bond donors (Lipinski definition) is 2. The van der Waals surface area contributed by atoms with Crippen molar-refractivity contribution in [1.29, 1.82) is 0 Å². The van der Waals surface area contributed by atoms with E-state index >= 15 is 0 Å². The average Bonchev–Trinajstić information content (AvgIpc) is 2.44. The van der Waals surface area contributed by atoms with Crippen LogP contribution in [0, 0.1) is 0 Å². The van der Waals surface area contributed by atoms with Crippen molar-refractivity contribution in [3.05, 3.63) is 39.4 Å². The molecule has 0 saturated heterocycles. The number of aryl methyl sites for hydroxylation is 1. The second kappa shape index (κ2) is 5.81. The molecule has 0 radical (unpaired) electrons. The van der Waals surface area contributed by atoms with Crippen LogP contribution in [0.4, 0.5) is 0 Å². The lowest BCUT2D eigenvalue weighted by molar-refractivity contribution is -0.129. The molecule has 2 aromatic rings. The first-order chi connectivity index (χ1) is 9.13. The van der Waals surface area contributed by atoms with Crippen molar-refractivity contribution in [1.82, 2.24) is 5.48 Å². The summed E-state index contributed by atoms with van der Waals surface area (Å²) >= 11 is 1.14. The van der Waals surface area contributed by atoms with Crippen molar-refractivity contribution in [3.63, 3.8) is 0 Å². The van der Waals surface area contributed by atoms with E-state index in [1.807, 2.05) is 12.1 Å². The molecule has 2 N–H and O–H groups in total. The summed E-state index contributed by atoms with van der Waals surface area (Å²) < 4.78 is 5.95. The summed E-state index contributed by atoms with van der Waals surface area (Å²) in [5, 5.41) is 9.34. The Balaban J connectivity index is 2.36. The van der Waals surface area contributed by atoms with Crippen molar-refractivity contribution >= 4 is 27.3 Å². The van der Waals surface area contributed by atoms with Gasteiger partial charge in [-0.15, -0.1) is 0 Å². The van der Waals surface area contributed by atoms with Gasteiger partial charge in [0, 0.05) is 16.7 Å². The molecule has 1 heterocycles. The molecule has 1 aromatic carbocycles. The van der Waals surface area contributed by atoms with Crippen molar-refractivity contribution in [2.45, 2.75) is 12.8 Å². The summed E-state index contributed by atoms with van der Waals surface area (Å²) in [4.78, 5) is 22.9. The Morgan fingerprint density at radius 2 is 2.21 bits per heavy atom. The lowest BCUT2D eigenvalue weighted by Gasteiger charge is -2.04. The van der Waals surface area contributed by atoms with Crippen LogP contribution in [0.2, 0.25) is 0 Å². The van der Waals surface area contributed by atoms with Gasteiger partial charge in [-0.05, 0) is 36.1 Å². The smallest absolute Gasteiger partial charge is 0.243 e. The summed E-state index contributed by atoms with van der Waals surface area (Å²) in [6.07, 6.45) is 0.378. The van der Waals surface area contributed by atoms with Crippen LogP contribution >= 0.6 is 11.3 Å². The molecule has 2 rings (SSSR count). The fraction of sp³-hybridized carbons (Fsp3) is 0.231. The van der Waals surface area contributed by atoms with Gasteiger partial charge in [0.1, 0.15) is 5.75 Å². The number of carbonyl (C=O) groups excluding carboxylic acids is 1. The van der Waals surface area contributed by atoms with Crippen LogP contribution in [0.3, 0.4) is 0 Å². The molecule has 0 aliphatic rings. The topological polar surface area (TPSA) is 75.6 Å². The van der Waals surface area contributed by atoms with Crippen molar-refractivity contribution < 1.29 is 14.7 Å². The van der Waals surface area contributed by atoms with Crippen LogP contribution in [-0.4, -0.2) is 18.2 Å². The molecule has 19 heavy (non-hydrogen) atoms. The number of fused-ring (bicyclic) bond motifs is 1. The third-order valence-electron chi connectivity index (χ3n) is 2.76. The van der Waals surface area contributed by atoms with Crippen LogP contribution in [0.1, 0.15) is 12.0 Å². The zero-order valence-corrected chi connectivity index (χ0v) is 11.1. The molecule has 6 heteroatoms. The lowest BCUT2D eigenvalue weighted by atomic mass is 10.1. The zero-order chi connectivity index (χ0) is 13.8. The highest BCUT2D eigenvalue weighted by molar-refractivity contribution is 7.16. The number of rotatable bonds is 4. The molecule has 0 aliphatic carbocycles. The maximum atomic E-state index is 11.9. The van der Waals surface area contributed by atoms with E-state index in [-0.39, 0.29) is 11.2 Å². The average molecular weight is 279 g/mol. The molecule has 100 valence electrons. The fourth-order valence-corrected chi connectivity index (χ4v) is 2.61. The van der Waals surface area contributed by atoms with Gasteiger partial charge in [0.25, 0.3) is 0 Å². The Morgan fingerprint density at radius 3 is 2.89 bits per heavy atom. The first-order valence-electron chi connectivity index (χ1n) is 5.67. The predicted molar refractivity (Wildman–Crippen MR) is 72.9 cm³/mol. The monoisotopic (exact) mass is 279 g/mol. The fourth-order valence-electron chi connectivity index (χ4n) is 1.75. The molecule has 0 unspecified atom stereocenters. The number of hydroxylamine groups is 1. The molecule has 0 fully saturated rings. The van der Waals surface area contributed by atoms with E-state index < -0.39 is 5.91 Å². The molecule has 0 bridgehead atoms. The molecule has 1 aromatic heterocycles. The molecule has 0 saturated carbocycles. The Labute approximate surface area is 113 Å². The van der Waals surface area contributed by atoms with Crippen LogP contribution in [0.5, 0.6) is 5.75 Å². The number of benzene rings is 1. The van der Waals surface area contributed by atoms with E-state index in [4.69, 9.17) is 9.94 Å². The van der Waals surface area contributed by atoms with Gasteiger partial charge in [0.15, 0.2) is 0 Å². The molecule has 1 amide bonds. The molecular weight excluding hydrogens is 266 g/mol. The van der Waals surface area contributed by atoms with Crippen LogP contribution < -0.4 is 15.0 Å². The van der Waals surface area contributed by atoms with Gasteiger partial charge >= 0.3 is 0 Å². The standard InChI is InChI=1S/C13H13NO4S/c1-18-10-3-4-11-9(7-10)6-8(13(16)19-11)2-5-12(15)14-17/h3-4,6-7,17H,2,5H2,1H3,(H,14,15). The minimum atomic E-state index is -0.505. The minimum Gasteiger partial charge on any atom is -0.497 e. The molecule has 0 spiro atoms. The summed E-state index contributed by atoms with van der Waals surface area (Å²) in [5.41, 5.74) is 2.12. The number of nitrogens with one attached hydrogen (secondary N) is 1. The van der Waals surface area contributed by atoms with Crippen molar-refractivity contribution in [2.24, 2.45) is 0 Å². The summed E-state index contributed by atoms with van der Waals surface area (Å²) in [5.74, 6) is 0.215. The minimum absolute atomic E-state index is 0.0663. The van der Waals surface area contributed by atoms with E-state index in [0.717, 1.165) is 27.2 Å². The summed E-state index contributed by atoms with van der Waals surface area (Å²) in [6, 6.07) is 7.25. The zero-order valence-electron chi connectivity index (χ0n) is 10.3. The predicted octanol–water partition coefficient (Wildman–Crippen LogP) is 1.71. The van der Waals surface area contributed by atoms with Gasteiger partial charge in [0.2, 0.25) is 10.6 Å². The maximum absolute atomic E-state index is 11.9. The van der Waals surface area contributed by atoms with E-state index in [1.165, 1.54) is 0 Å². The number of amides is 1. The Morgan fingerprint density at radius 1 is 1.42 bits per heavy atom. The highest BCUT2D eigenvalue weighted by Crippen LogP contribution is 2.23. The molecule has 5 nitrogen and oxygen atoms in total. The normalized spacial score (nSPS) is 10.4. The molecule has 0 atom stereocenters. The van der Waals surface area contributed by atoms with Crippen molar-refractivity contribution in [2.75, 3.05) is 7.11 Å². The van der Waals surface area contributed by atoms with Gasteiger partial charge in [-0.3, -0.25) is 14.8 Å². The van der Waals surface area contributed by atoms with Crippen LogP contribution in [-0.2, 0) is 11.2 Å². The van der Waals surface area contributed by atoms with Gasteiger partial charge < -0.3 is 4.74 Å². The summed E-state index contributed by atoms with van der Waals surface area (Å²) in [6.45, 7) is 0. The quantitative estimate of drug-likeness (QED) is 0.660. The van der Waals surface area contributed by atoms with Gasteiger partial charge in [-0.2, -0.15) is 0 Å². The van der Waals surface area contributed by atoms with Crippen molar-refractivity contribution in [3.8, 4) is 5.75 Å². The number of carbonyl (C=O) groups is 1. The second-order valence-electron chi connectivity index (χ2n) is 4.00. The SMILES string of the molecule is COc1ccc2sc(=O)c(CCC(=O)NO)cc2c1. The van der Waals surface area contributed by atoms with Crippen LogP contribution in [0.15, 0.2) is 29.1 Å². The van der Waals surface area contributed by atoms with Crippen LogP contribution in [0.25, 0.3) is 10.1 Å². The Kier molecular flexibility index (Phi) is 4.13. The summed E-state index contributed by atoms with van der Waals surface area (Å²) in [7, 11) is 1.58. The van der Waals surface area contributed by atoms with E-state index in [9.17, 15) is 9.59 Å². The first kappa shape index (κ1) is 13.5. The Hall–Kier alpha value is -1.92. The number of ether oxygens (including phenoxy) is 1. The highest BCUT2D eigenvalue weighted by atomic mass is 32.1. The number of methoxy groups -OCH3 is 1. The van der Waals surface area contributed by atoms with Gasteiger partial charge in [-0.1, -0.05) is 11.3 Å². The van der Waals surface area contributed by atoms with Gasteiger partial charge in [0.05, 0.1) is 7.11 Å². The maximum Gasteiger partial charge on any atom is 0.243 e. The van der Waals surface area contributed by atoms with E-state index in [2.05, 4.69) is 0 Å². The van der Waals surface area contributed by atoms with E-state index in [0.29, 0.717) is 12.0 Å². The lowest BCUT2D eigenvalue weighted by Crippen LogP contribution is -2.19. The third-order valence-corrected chi connectivity index (χ3v) is 3.80. The molecule has 0 aliphatic heterocycles. The molecular formula is C13H13NO4S. The third kappa shape index (κ3) is 3.10. The second-order valence-corrected chi connectivity index (χ2v) is 5.01. The highest BCUT2D eigenvalue weighted by Gasteiger charge is 2.07.